The summed E-state index contributed by atoms with van der Waals surface area (Å²) >= 11 is 9.30. The Morgan fingerprint density at radius 3 is 2.33 bits per heavy atom. The van der Waals surface area contributed by atoms with Gasteiger partial charge in [-0.05, 0) is 36.4 Å². The summed E-state index contributed by atoms with van der Waals surface area (Å²) in [6.07, 6.45) is 0. The molecule has 0 atom stereocenters. The monoisotopic (exact) mass is 433 g/mol. The van der Waals surface area contributed by atoms with Crippen molar-refractivity contribution in [2.24, 2.45) is 0 Å². The topological polar surface area (TPSA) is 55.8 Å². The molecular formula is C16H17BrClNO4S. The van der Waals surface area contributed by atoms with E-state index in [1.165, 1.54) is 31.6 Å². The van der Waals surface area contributed by atoms with Gasteiger partial charge in [-0.25, -0.2) is 8.42 Å². The largest absolute Gasteiger partial charge is 0.496 e. The molecule has 5 nitrogen and oxygen atoms in total. The number of nitrogens with zero attached hydrogens (tertiary/aromatic N) is 1. The molecule has 0 saturated heterocycles. The minimum Gasteiger partial charge on any atom is -0.496 e. The molecule has 0 N–H and O–H groups in total. The third kappa shape index (κ3) is 4.03. The summed E-state index contributed by atoms with van der Waals surface area (Å²) in [6, 6.07) is 9.92. The van der Waals surface area contributed by atoms with E-state index in [-0.39, 0.29) is 17.2 Å². The van der Waals surface area contributed by atoms with Crippen molar-refractivity contribution in [1.82, 2.24) is 4.31 Å². The lowest BCUT2D eigenvalue weighted by Crippen LogP contribution is -2.27. The molecule has 8 heteroatoms. The Bertz CT molecular complexity index is 842. The van der Waals surface area contributed by atoms with E-state index in [0.29, 0.717) is 20.8 Å². The van der Waals surface area contributed by atoms with Crippen molar-refractivity contribution >= 4 is 37.6 Å². The first kappa shape index (κ1) is 19.1. The molecule has 0 unspecified atom stereocenters. The van der Waals surface area contributed by atoms with Crippen LogP contribution in [0.4, 0.5) is 0 Å². The molecular weight excluding hydrogens is 418 g/mol. The van der Waals surface area contributed by atoms with Gasteiger partial charge in [0.05, 0.1) is 14.2 Å². The third-order valence-corrected chi connectivity index (χ3v) is 6.00. The van der Waals surface area contributed by atoms with Crippen LogP contribution in [0.2, 0.25) is 5.02 Å². The zero-order valence-corrected chi connectivity index (χ0v) is 16.6. The molecule has 0 amide bonds. The maximum atomic E-state index is 12.9. The van der Waals surface area contributed by atoms with Crippen molar-refractivity contribution in [3.05, 3.63) is 51.5 Å². The van der Waals surface area contributed by atoms with Crippen molar-refractivity contribution in [2.75, 3.05) is 21.3 Å². The van der Waals surface area contributed by atoms with Gasteiger partial charge in [0.2, 0.25) is 10.0 Å². The van der Waals surface area contributed by atoms with Gasteiger partial charge in [0.15, 0.2) is 0 Å². The molecule has 0 aliphatic heterocycles. The summed E-state index contributed by atoms with van der Waals surface area (Å²) in [5.74, 6) is 0.853. The van der Waals surface area contributed by atoms with E-state index in [1.54, 1.807) is 30.3 Å². The van der Waals surface area contributed by atoms with Crippen LogP contribution in [0, 0.1) is 0 Å². The predicted octanol–water partition coefficient (Wildman–Crippen LogP) is 3.94. The zero-order valence-electron chi connectivity index (χ0n) is 13.4. The van der Waals surface area contributed by atoms with E-state index >= 15 is 0 Å². The van der Waals surface area contributed by atoms with Crippen LogP contribution >= 0.6 is 27.5 Å². The van der Waals surface area contributed by atoms with Gasteiger partial charge in [-0.3, -0.25) is 0 Å². The molecule has 2 aromatic carbocycles. The Kier molecular flexibility index (Phi) is 6.14. The molecule has 0 bridgehead atoms. The highest BCUT2D eigenvalue weighted by molar-refractivity contribution is 9.10. The lowest BCUT2D eigenvalue weighted by molar-refractivity contribution is 0.391. The molecule has 0 aliphatic carbocycles. The SMILES string of the molecule is COc1ccc(Cl)cc1CN(C)S(=O)(=O)c1cc(Br)ccc1OC. The summed E-state index contributed by atoms with van der Waals surface area (Å²) in [4.78, 5) is 0.0860. The molecule has 0 saturated carbocycles. The first-order valence-electron chi connectivity index (χ1n) is 6.92. The minimum absolute atomic E-state index is 0.0860. The Hall–Kier alpha value is -1.28. The van der Waals surface area contributed by atoms with Crippen LogP contribution in [0.15, 0.2) is 45.8 Å². The number of halogens is 2. The second-order valence-corrected chi connectivity index (χ2v) is 8.38. The van der Waals surface area contributed by atoms with Crippen LogP contribution in [-0.2, 0) is 16.6 Å². The van der Waals surface area contributed by atoms with E-state index in [9.17, 15) is 8.42 Å². The third-order valence-electron chi connectivity index (χ3n) is 3.45. The lowest BCUT2D eigenvalue weighted by atomic mass is 10.2. The van der Waals surface area contributed by atoms with Crippen LogP contribution in [-0.4, -0.2) is 34.0 Å². The van der Waals surface area contributed by atoms with Crippen LogP contribution < -0.4 is 9.47 Å². The van der Waals surface area contributed by atoms with Gasteiger partial charge in [0, 0.05) is 28.7 Å². The molecule has 2 rings (SSSR count). The first-order valence-corrected chi connectivity index (χ1v) is 9.53. The molecule has 130 valence electrons. The Balaban J connectivity index is 2.40. The number of hydrogen-bond donors (Lipinski definition) is 0. The second kappa shape index (κ2) is 7.74. The molecule has 2 aromatic rings. The van der Waals surface area contributed by atoms with E-state index in [0.717, 1.165) is 0 Å². The quantitative estimate of drug-likeness (QED) is 0.691. The maximum Gasteiger partial charge on any atom is 0.246 e. The summed E-state index contributed by atoms with van der Waals surface area (Å²) < 4.78 is 38.1. The Labute approximate surface area is 155 Å². The van der Waals surface area contributed by atoms with Crippen LogP contribution in [0.3, 0.4) is 0 Å². The summed E-state index contributed by atoms with van der Waals surface area (Å²) in [5.41, 5.74) is 0.671. The second-order valence-electron chi connectivity index (χ2n) is 5.01. The van der Waals surface area contributed by atoms with Gasteiger partial charge in [0.1, 0.15) is 16.4 Å². The molecule has 0 aliphatic rings. The van der Waals surface area contributed by atoms with Crippen molar-refractivity contribution in [3.63, 3.8) is 0 Å². The van der Waals surface area contributed by atoms with Crippen LogP contribution in [0.5, 0.6) is 11.5 Å². The van der Waals surface area contributed by atoms with Crippen molar-refractivity contribution < 1.29 is 17.9 Å². The average Bonchev–Trinajstić information content (AvgIpc) is 2.55. The van der Waals surface area contributed by atoms with E-state index < -0.39 is 10.0 Å². The number of ether oxygens (including phenoxy) is 2. The fourth-order valence-corrected chi connectivity index (χ4v) is 4.25. The van der Waals surface area contributed by atoms with E-state index in [4.69, 9.17) is 21.1 Å². The van der Waals surface area contributed by atoms with E-state index in [1.807, 2.05) is 0 Å². The number of rotatable bonds is 6. The van der Waals surface area contributed by atoms with Gasteiger partial charge in [-0.2, -0.15) is 4.31 Å². The van der Waals surface area contributed by atoms with Crippen molar-refractivity contribution in [2.45, 2.75) is 11.4 Å². The highest BCUT2D eigenvalue weighted by Gasteiger charge is 2.26. The smallest absolute Gasteiger partial charge is 0.246 e. The van der Waals surface area contributed by atoms with Crippen LogP contribution in [0.1, 0.15) is 5.56 Å². The Morgan fingerprint density at radius 1 is 1.08 bits per heavy atom. The van der Waals surface area contributed by atoms with Crippen molar-refractivity contribution in [1.29, 1.82) is 0 Å². The number of sulfonamides is 1. The average molecular weight is 435 g/mol. The van der Waals surface area contributed by atoms with E-state index in [2.05, 4.69) is 15.9 Å². The standard InChI is InChI=1S/C16H17BrClNO4S/c1-19(10-11-8-13(18)5-7-14(11)22-2)24(20,21)16-9-12(17)4-6-15(16)23-3/h4-9H,10H2,1-3H3. The molecule has 24 heavy (non-hydrogen) atoms. The van der Waals surface area contributed by atoms with Gasteiger partial charge >= 0.3 is 0 Å². The highest BCUT2D eigenvalue weighted by atomic mass is 79.9. The lowest BCUT2D eigenvalue weighted by Gasteiger charge is -2.20. The maximum absolute atomic E-state index is 12.9. The molecule has 0 fully saturated rings. The highest BCUT2D eigenvalue weighted by Crippen LogP contribution is 2.31. The van der Waals surface area contributed by atoms with Gasteiger partial charge < -0.3 is 9.47 Å². The summed E-state index contributed by atoms with van der Waals surface area (Å²) in [7, 11) is 0.695. The van der Waals surface area contributed by atoms with Crippen molar-refractivity contribution in [3.8, 4) is 11.5 Å². The first-order chi connectivity index (χ1) is 11.3. The minimum atomic E-state index is -3.76. The van der Waals surface area contributed by atoms with Crippen LogP contribution in [0.25, 0.3) is 0 Å². The van der Waals surface area contributed by atoms with Gasteiger partial charge in [-0.15, -0.1) is 0 Å². The van der Waals surface area contributed by atoms with Gasteiger partial charge in [0.25, 0.3) is 0 Å². The molecule has 0 aromatic heterocycles. The van der Waals surface area contributed by atoms with Gasteiger partial charge in [-0.1, -0.05) is 27.5 Å². The normalized spacial score (nSPS) is 11.6. The summed E-state index contributed by atoms with van der Waals surface area (Å²) in [6.45, 7) is 0.113. The number of methoxy groups -OCH3 is 2. The fraction of sp³-hybridized carbons (Fsp3) is 0.250. The zero-order chi connectivity index (χ0) is 17.9. The predicted molar refractivity (Wildman–Crippen MR) is 97.4 cm³/mol. The number of benzene rings is 2. The summed E-state index contributed by atoms with van der Waals surface area (Å²) in [5, 5.41) is 0.511. The molecule has 0 spiro atoms. The molecule has 0 radical (unpaired) electrons. The fourth-order valence-electron chi connectivity index (χ4n) is 2.22. The number of hydrogen-bond acceptors (Lipinski definition) is 4. The molecule has 0 heterocycles. The Morgan fingerprint density at radius 2 is 1.71 bits per heavy atom.